The number of aliphatic hydroxyl groups excluding tert-OH is 8. The van der Waals surface area contributed by atoms with E-state index in [1.165, 1.54) is 218 Å². The van der Waals surface area contributed by atoms with Crippen molar-refractivity contribution >= 4 is 5.91 Å². The maximum Gasteiger partial charge on any atom is 0.220 e. The molecule has 0 aromatic rings. The van der Waals surface area contributed by atoms with E-state index in [9.17, 15) is 45.6 Å². The zero-order valence-electron chi connectivity index (χ0n) is 48.1. The first-order chi connectivity index (χ1) is 36.6. The third-order valence-corrected chi connectivity index (χ3v) is 16.1. The maximum atomic E-state index is 13.1. The van der Waals surface area contributed by atoms with Crippen LogP contribution in [0, 0.1) is 0 Å². The molecule has 2 aliphatic heterocycles. The molecular formula is C61H119NO13. The van der Waals surface area contributed by atoms with Crippen molar-refractivity contribution < 1.29 is 64.6 Å². The Morgan fingerprint density at radius 2 is 0.760 bits per heavy atom. The van der Waals surface area contributed by atoms with Gasteiger partial charge < -0.3 is 65.1 Å². The van der Waals surface area contributed by atoms with Gasteiger partial charge in [0, 0.05) is 6.42 Å². The van der Waals surface area contributed by atoms with Gasteiger partial charge in [-0.15, -0.1) is 0 Å². The average molecular weight is 1070 g/mol. The zero-order valence-corrected chi connectivity index (χ0v) is 48.1. The zero-order chi connectivity index (χ0) is 54.6. The molecule has 12 unspecified atom stereocenters. The Hall–Kier alpha value is -1.01. The summed E-state index contributed by atoms with van der Waals surface area (Å²) in [6.45, 7) is 2.71. The number of hydrogen-bond acceptors (Lipinski definition) is 13. The number of rotatable bonds is 52. The van der Waals surface area contributed by atoms with E-state index in [4.69, 9.17) is 18.9 Å². The molecule has 0 bridgehead atoms. The highest BCUT2D eigenvalue weighted by atomic mass is 16.7. The first-order valence-corrected chi connectivity index (χ1v) is 31.8. The molecule has 0 radical (unpaired) electrons. The van der Waals surface area contributed by atoms with Gasteiger partial charge in [0.1, 0.15) is 48.8 Å². The number of carbonyl (C=O) groups excluding carboxylic acids is 1. The van der Waals surface area contributed by atoms with Crippen LogP contribution in [0.4, 0.5) is 0 Å². The molecule has 1 amide bonds. The molecular weight excluding hydrogens is 955 g/mol. The molecule has 2 heterocycles. The normalized spacial score (nSPS) is 24.9. The molecule has 2 fully saturated rings. The fourth-order valence-electron chi connectivity index (χ4n) is 10.9. The topological polar surface area (TPSA) is 228 Å². The molecule has 14 heteroatoms. The Kier molecular flexibility index (Phi) is 44.6. The number of hydrogen-bond donors (Lipinski definition) is 9. The molecule has 75 heavy (non-hydrogen) atoms. The summed E-state index contributed by atoms with van der Waals surface area (Å²) < 4.78 is 22.6. The summed E-state index contributed by atoms with van der Waals surface area (Å²) in [6.07, 6.45) is 38.6. The van der Waals surface area contributed by atoms with Crippen LogP contribution in [0.3, 0.4) is 0 Å². The molecule has 12 atom stereocenters. The number of unbranched alkanes of at least 4 members (excludes halogenated alkanes) is 39. The average Bonchev–Trinajstić information content (AvgIpc) is 3.41. The Labute approximate surface area is 457 Å². The van der Waals surface area contributed by atoms with Gasteiger partial charge in [-0.25, -0.2) is 0 Å². The first kappa shape index (κ1) is 70.1. The predicted octanol–water partition coefficient (Wildman–Crippen LogP) is 11.3. The maximum absolute atomic E-state index is 13.1. The van der Waals surface area contributed by atoms with E-state index >= 15 is 0 Å². The number of ether oxygens (including phenoxy) is 4. The molecule has 9 N–H and O–H groups in total. The van der Waals surface area contributed by atoms with Crippen molar-refractivity contribution in [1.29, 1.82) is 0 Å². The quantitative estimate of drug-likeness (QED) is 0.0259. The summed E-state index contributed by atoms with van der Waals surface area (Å²) in [5.41, 5.74) is 0. The second-order valence-electron chi connectivity index (χ2n) is 22.9. The highest BCUT2D eigenvalue weighted by Crippen LogP contribution is 2.30. The van der Waals surface area contributed by atoms with Crippen molar-refractivity contribution in [3.63, 3.8) is 0 Å². The Bertz CT molecular complexity index is 1270. The van der Waals surface area contributed by atoms with Gasteiger partial charge in [0.05, 0.1) is 32.0 Å². The van der Waals surface area contributed by atoms with Crippen LogP contribution in [0.25, 0.3) is 0 Å². The number of amides is 1. The highest BCUT2D eigenvalue weighted by Gasteiger charge is 2.51. The summed E-state index contributed by atoms with van der Waals surface area (Å²) in [4.78, 5) is 13.1. The monoisotopic (exact) mass is 1070 g/mol. The number of carbonyl (C=O) groups is 1. The molecule has 0 spiro atoms. The van der Waals surface area contributed by atoms with Crippen molar-refractivity contribution in [2.75, 3.05) is 19.8 Å². The van der Waals surface area contributed by atoms with Crippen molar-refractivity contribution in [3.05, 3.63) is 0 Å². The van der Waals surface area contributed by atoms with E-state index < -0.39 is 86.8 Å². The van der Waals surface area contributed by atoms with Crippen molar-refractivity contribution in [1.82, 2.24) is 5.32 Å². The van der Waals surface area contributed by atoms with Crippen LogP contribution in [0.15, 0.2) is 0 Å². The van der Waals surface area contributed by atoms with Crippen LogP contribution >= 0.6 is 0 Å². The molecule has 0 saturated carbocycles. The Morgan fingerprint density at radius 1 is 0.427 bits per heavy atom. The van der Waals surface area contributed by atoms with E-state index in [2.05, 4.69) is 19.2 Å². The second kappa shape index (κ2) is 47.8. The van der Waals surface area contributed by atoms with Gasteiger partial charge >= 0.3 is 0 Å². The number of aliphatic hydroxyl groups is 8. The summed E-state index contributed by atoms with van der Waals surface area (Å²) in [6, 6.07) is -0.819. The molecule has 446 valence electrons. The van der Waals surface area contributed by atoms with E-state index in [1.807, 2.05) is 0 Å². The summed E-state index contributed by atoms with van der Waals surface area (Å²) >= 11 is 0. The lowest BCUT2D eigenvalue weighted by Gasteiger charge is -2.46. The van der Waals surface area contributed by atoms with Crippen molar-refractivity contribution in [2.45, 2.75) is 364 Å². The van der Waals surface area contributed by atoms with E-state index in [-0.39, 0.29) is 12.5 Å². The van der Waals surface area contributed by atoms with Crippen LogP contribution in [0.5, 0.6) is 0 Å². The van der Waals surface area contributed by atoms with E-state index in [1.54, 1.807) is 0 Å². The molecule has 0 aliphatic carbocycles. The van der Waals surface area contributed by atoms with Crippen LogP contribution in [0.1, 0.15) is 290 Å². The summed E-state index contributed by atoms with van der Waals surface area (Å²) in [5, 5.41) is 86.2. The Morgan fingerprint density at radius 3 is 1.13 bits per heavy atom. The third kappa shape index (κ3) is 33.4. The second-order valence-corrected chi connectivity index (χ2v) is 22.9. The molecule has 14 nitrogen and oxygen atoms in total. The largest absolute Gasteiger partial charge is 0.394 e. The molecule has 2 aliphatic rings. The van der Waals surface area contributed by atoms with Gasteiger partial charge in [-0.2, -0.15) is 0 Å². The van der Waals surface area contributed by atoms with Crippen LogP contribution in [0.2, 0.25) is 0 Å². The lowest BCUT2D eigenvalue weighted by molar-refractivity contribution is -0.359. The molecule has 2 rings (SSSR count). The fourth-order valence-corrected chi connectivity index (χ4v) is 10.9. The van der Waals surface area contributed by atoms with Gasteiger partial charge in [0.15, 0.2) is 12.6 Å². The van der Waals surface area contributed by atoms with Crippen LogP contribution in [-0.4, -0.2) is 140 Å². The summed E-state index contributed by atoms with van der Waals surface area (Å²) in [7, 11) is 0. The molecule has 0 aromatic heterocycles. The minimum atomic E-state index is -1.78. The van der Waals surface area contributed by atoms with Crippen molar-refractivity contribution in [3.8, 4) is 0 Å². The van der Waals surface area contributed by atoms with E-state index in [0.717, 1.165) is 44.9 Å². The Balaban J connectivity index is 1.42. The predicted molar refractivity (Wildman–Crippen MR) is 300 cm³/mol. The van der Waals surface area contributed by atoms with Gasteiger partial charge in [-0.1, -0.05) is 271 Å². The number of nitrogens with one attached hydrogen (secondary N) is 1. The van der Waals surface area contributed by atoms with Crippen LogP contribution in [-0.2, 0) is 23.7 Å². The minimum Gasteiger partial charge on any atom is -0.394 e. The first-order valence-electron chi connectivity index (χ1n) is 31.8. The lowest BCUT2D eigenvalue weighted by Crippen LogP contribution is -2.65. The third-order valence-electron chi connectivity index (χ3n) is 16.1. The molecule has 2 saturated heterocycles. The van der Waals surface area contributed by atoms with Crippen molar-refractivity contribution in [2.24, 2.45) is 0 Å². The van der Waals surface area contributed by atoms with Crippen LogP contribution < -0.4 is 5.32 Å². The van der Waals surface area contributed by atoms with Gasteiger partial charge in [-0.3, -0.25) is 4.79 Å². The highest BCUT2D eigenvalue weighted by molar-refractivity contribution is 5.76. The van der Waals surface area contributed by atoms with Gasteiger partial charge in [-0.05, 0) is 12.8 Å². The summed E-state index contributed by atoms with van der Waals surface area (Å²) in [5.74, 6) is -0.212. The SMILES string of the molecule is CCCCCCCCCCCCCCCCCCCCCCCCCCCCCCCCCCCCCCCCC(=O)NC(COC1OC(CO)C(OC2OC(CO)C(O)C(O)C2O)C(O)C1O)C(O)CCCCC. The standard InChI is InChI=1S/C61H119NO13/c1-3-5-7-8-9-10-11-12-13-14-15-16-17-18-19-20-21-22-23-24-25-26-27-28-29-30-31-32-33-34-35-36-37-38-39-40-41-43-45-53(66)62-49(50(65)44-42-6-4-2)48-72-60-58(71)56(69)59(52(47-64)74-60)75-61-57(70)55(68)54(67)51(46-63)73-61/h49-52,54-61,63-65,67-71H,3-48H2,1-2H3,(H,62,66). The minimum absolute atomic E-state index is 0.212. The van der Waals surface area contributed by atoms with E-state index in [0.29, 0.717) is 12.8 Å². The lowest BCUT2D eigenvalue weighted by atomic mass is 9.97. The van der Waals surface area contributed by atoms with Gasteiger partial charge in [0.25, 0.3) is 0 Å². The van der Waals surface area contributed by atoms with Gasteiger partial charge in [0.2, 0.25) is 5.91 Å². The fraction of sp³-hybridized carbons (Fsp3) is 0.984. The molecule has 0 aromatic carbocycles. The smallest absolute Gasteiger partial charge is 0.220 e.